The van der Waals surface area contributed by atoms with E-state index >= 15 is 0 Å². The Morgan fingerprint density at radius 2 is 2.11 bits per heavy atom. The molecular formula is C14H23N3OS. The van der Waals surface area contributed by atoms with Gasteiger partial charge in [-0.15, -0.1) is 0 Å². The molecule has 106 valence electrons. The quantitative estimate of drug-likeness (QED) is 0.841. The number of thiol groups is 1. The molecule has 1 saturated heterocycles. The number of rotatable bonds is 5. The highest BCUT2D eigenvalue weighted by molar-refractivity contribution is 7.80. The van der Waals surface area contributed by atoms with E-state index in [1.807, 2.05) is 6.20 Å². The van der Waals surface area contributed by atoms with Gasteiger partial charge in [0.1, 0.15) is 0 Å². The lowest BCUT2D eigenvalue weighted by Crippen LogP contribution is -2.32. The van der Waals surface area contributed by atoms with Crippen molar-refractivity contribution in [1.29, 1.82) is 0 Å². The van der Waals surface area contributed by atoms with Gasteiger partial charge in [-0.3, -0.25) is 4.79 Å². The summed E-state index contributed by atoms with van der Waals surface area (Å²) in [6.07, 6.45) is 6.56. The molecule has 5 heteroatoms. The van der Waals surface area contributed by atoms with E-state index in [0.29, 0.717) is 12.5 Å². The Morgan fingerprint density at radius 1 is 1.37 bits per heavy atom. The van der Waals surface area contributed by atoms with Crippen molar-refractivity contribution in [2.45, 2.75) is 39.2 Å². The van der Waals surface area contributed by atoms with Crippen molar-refractivity contribution in [3.05, 3.63) is 22.6 Å². The van der Waals surface area contributed by atoms with Crippen molar-refractivity contribution >= 4 is 18.3 Å². The number of piperidine rings is 1. The van der Waals surface area contributed by atoms with Crippen molar-refractivity contribution in [3.8, 4) is 0 Å². The third-order valence-electron chi connectivity index (χ3n) is 3.84. The minimum atomic E-state index is 0.00306. The van der Waals surface area contributed by atoms with Crippen LogP contribution in [0.25, 0.3) is 0 Å². The molecule has 0 radical (unpaired) electrons. The van der Waals surface area contributed by atoms with Gasteiger partial charge in [-0.05, 0) is 30.9 Å². The Bertz CT molecular complexity index is 450. The van der Waals surface area contributed by atoms with E-state index in [9.17, 15) is 4.79 Å². The minimum absolute atomic E-state index is 0.00306. The van der Waals surface area contributed by atoms with Crippen molar-refractivity contribution < 1.29 is 0 Å². The lowest BCUT2D eigenvalue weighted by Gasteiger charge is -2.28. The molecule has 1 atom stereocenters. The maximum Gasteiger partial charge on any atom is 0.268 e. The summed E-state index contributed by atoms with van der Waals surface area (Å²) in [5.41, 5.74) is 0.975. The van der Waals surface area contributed by atoms with Gasteiger partial charge in [-0.2, -0.15) is 17.7 Å². The first-order chi connectivity index (χ1) is 9.24. The molecule has 2 heterocycles. The zero-order valence-corrected chi connectivity index (χ0v) is 12.5. The number of hydrogen-bond acceptors (Lipinski definition) is 4. The third kappa shape index (κ3) is 3.75. The van der Waals surface area contributed by atoms with E-state index in [0.717, 1.165) is 31.0 Å². The molecule has 1 fully saturated rings. The standard InChI is InChI=1S/C14H23N3OS/c1-2-12(11-19)10-17-14(18)8-13(9-15-17)16-6-4-3-5-7-16/h8-9,12,19H,2-7,10-11H2,1H3. The Hall–Kier alpha value is -0.970. The molecule has 19 heavy (non-hydrogen) atoms. The van der Waals surface area contributed by atoms with Gasteiger partial charge in [0.15, 0.2) is 0 Å². The number of nitrogens with zero attached hydrogens (tertiary/aromatic N) is 3. The van der Waals surface area contributed by atoms with Gasteiger partial charge < -0.3 is 4.90 Å². The first-order valence-electron chi connectivity index (χ1n) is 7.17. The van der Waals surface area contributed by atoms with Crippen LogP contribution >= 0.6 is 12.6 Å². The van der Waals surface area contributed by atoms with Crippen LogP contribution in [0.5, 0.6) is 0 Å². The summed E-state index contributed by atoms with van der Waals surface area (Å²) in [5, 5.41) is 4.32. The normalized spacial score (nSPS) is 17.5. The fraction of sp³-hybridized carbons (Fsp3) is 0.714. The first kappa shape index (κ1) is 14.4. The van der Waals surface area contributed by atoms with Crippen molar-refractivity contribution in [2.75, 3.05) is 23.7 Å². The number of hydrogen-bond donors (Lipinski definition) is 1. The Balaban J connectivity index is 2.10. The van der Waals surface area contributed by atoms with Gasteiger partial charge in [0.05, 0.1) is 11.9 Å². The van der Waals surface area contributed by atoms with E-state index in [1.165, 1.54) is 19.3 Å². The Labute approximate surface area is 120 Å². The molecule has 1 unspecified atom stereocenters. The molecule has 1 aliphatic heterocycles. The average Bonchev–Trinajstić information content (AvgIpc) is 2.47. The van der Waals surface area contributed by atoms with E-state index in [-0.39, 0.29) is 5.56 Å². The van der Waals surface area contributed by atoms with E-state index < -0.39 is 0 Å². The van der Waals surface area contributed by atoms with Crippen LogP contribution < -0.4 is 10.5 Å². The Morgan fingerprint density at radius 3 is 2.68 bits per heavy atom. The maximum atomic E-state index is 12.1. The molecule has 1 aromatic heterocycles. The number of aromatic nitrogens is 2. The molecule has 0 spiro atoms. The van der Waals surface area contributed by atoms with Crippen LogP contribution in [0.4, 0.5) is 5.69 Å². The second-order valence-corrected chi connectivity index (χ2v) is 5.60. The zero-order chi connectivity index (χ0) is 13.7. The highest BCUT2D eigenvalue weighted by atomic mass is 32.1. The summed E-state index contributed by atoms with van der Waals surface area (Å²) in [7, 11) is 0. The van der Waals surface area contributed by atoms with Crippen LogP contribution in [0.3, 0.4) is 0 Å². The molecule has 0 bridgehead atoms. The SMILES string of the molecule is CCC(CS)Cn1ncc(N2CCCCC2)cc1=O. The molecule has 2 rings (SSSR count). The van der Waals surface area contributed by atoms with Gasteiger partial charge in [-0.1, -0.05) is 13.3 Å². The molecule has 4 nitrogen and oxygen atoms in total. The summed E-state index contributed by atoms with van der Waals surface area (Å²) in [5.74, 6) is 1.20. The van der Waals surface area contributed by atoms with Crippen LogP contribution in [0.15, 0.2) is 17.1 Å². The van der Waals surface area contributed by atoms with Gasteiger partial charge in [-0.25, -0.2) is 4.68 Å². The molecular weight excluding hydrogens is 258 g/mol. The van der Waals surface area contributed by atoms with Crippen LogP contribution in [0.2, 0.25) is 0 Å². The third-order valence-corrected chi connectivity index (χ3v) is 4.36. The fourth-order valence-corrected chi connectivity index (χ4v) is 2.82. The van der Waals surface area contributed by atoms with Gasteiger partial charge in [0.25, 0.3) is 5.56 Å². The lowest BCUT2D eigenvalue weighted by molar-refractivity contribution is 0.430. The van der Waals surface area contributed by atoms with Crippen LogP contribution in [0, 0.1) is 5.92 Å². The largest absolute Gasteiger partial charge is 0.370 e. The highest BCUT2D eigenvalue weighted by Gasteiger charge is 2.13. The molecule has 1 aromatic rings. The average molecular weight is 281 g/mol. The number of anilines is 1. The fourth-order valence-electron chi connectivity index (χ4n) is 2.45. The molecule has 0 amide bonds. The molecule has 0 aromatic carbocycles. The molecule has 1 aliphatic rings. The monoisotopic (exact) mass is 281 g/mol. The maximum absolute atomic E-state index is 12.1. The summed E-state index contributed by atoms with van der Waals surface area (Å²) in [6.45, 7) is 4.87. The summed E-state index contributed by atoms with van der Waals surface area (Å²) in [4.78, 5) is 14.4. The van der Waals surface area contributed by atoms with Crippen molar-refractivity contribution in [2.24, 2.45) is 5.92 Å². The van der Waals surface area contributed by atoms with Gasteiger partial charge in [0, 0.05) is 25.7 Å². The lowest BCUT2D eigenvalue weighted by atomic mass is 10.1. The summed E-state index contributed by atoms with van der Waals surface area (Å²) >= 11 is 4.31. The summed E-state index contributed by atoms with van der Waals surface area (Å²) in [6, 6.07) is 1.73. The van der Waals surface area contributed by atoms with Crippen LogP contribution in [0.1, 0.15) is 32.6 Å². The Kier molecular flexibility index (Phi) is 5.31. The van der Waals surface area contributed by atoms with E-state index in [2.05, 4.69) is 29.6 Å². The van der Waals surface area contributed by atoms with Gasteiger partial charge >= 0.3 is 0 Å². The second kappa shape index (κ2) is 6.98. The zero-order valence-electron chi connectivity index (χ0n) is 11.6. The van der Waals surface area contributed by atoms with E-state index in [4.69, 9.17) is 0 Å². The molecule has 0 N–H and O–H groups in total. The van der Waals surface area contributed by atoms with Crippen molar-refractivity contribution in [3.63, 3.8) is 0 Å². The van der Waals surface area contributed by atoms with Gasteiger partial charge in [0.2, 0.25) is 0 Å². The second-order valence-electron chi connectivity index (χ2n) is 5.24. The predicted molar refractivity (Wildman–Crippen MR) is 82.2 cm³/mol. The summed E-state index contributed by atoms with van der Waals surface area (Å²) < 4.78 is 1.57. The van der Waals surface area contributed by atoms with Crippen LogP contribution in [-0.2, 0) is 6.54 Å². The first-order valence-corrected chi connectivity index (χ1v) is 7.80. The topological polar surface area (TPSA) is 38.1 Å². The predicted octanol–water partition coefficient (Wildman–Crippen LogP) is 2.19. The van der Waals surface area contributed by atoms with Crippen molar-refractivity contribution in [1.82, 2.24) is 9.78 Å². The highest BCUT2D eigenvalue weighted by Crippen LogP contribution is 2.17. The van der Waals surface area contributed by atoms with Crippen LogP contribution in [-0.4, -0.2) is 28.6 Å². The molecule has 0 aliphatic carbocycles. The smallest absolute Gasteiger partial charge is 0.268 e. The van der Waals surface area contributed by atoms with E-state index in [1.54, 1.807) is 10.7 Å². The minimum Gasteiger partial charge on any atom is -0.370 e. The molecule has 0 saturated carbocycles.